The van der Waals surface area contributed by atoms with E-state index in [0.717, 1.165) is 28.8 Å². The molecule has 8 heteroatoms. The first-order valence-electron chi connectivity index (χ1n) is 11.8. The van der Waals surface area contributed by atoms with Crippen LogP contribution >= 0.6 is 0 Å². The normalized spacial score (nSPS) is 23.7. The number of ether oxygens (including phenoxy) is 2. The molecule has 2 aliphatic heterocycles. The van der Waals surface area contributed by atoms with Crippen molar-refractivity contribution in [3.05, 3.63) is 77.2 Å². The van der Waals surface area contributed by atoms with Crippen molar-refractivity contribution in [3.63, 3.8) is 0 Å². The van der Waals surface area contributed by atoms with E-state index in [4.69, 9.17) is 14.6 Å². The second-order valence-corrected chi connectivity index (χ2v) is 9.04. The van der Waals surface area contributed by atoms with Gasteiger partial charge in [0.15, 0.2) is 18.0 Å². The molecule has 0 saturated heterocycles. The molecule has 0 bridgehead atoms. The Morgan fingerprint density at radius 3 is 2.34 bits per heavy atom. The van der Waals surface area contributed by atoms with Gasteiger partial charge in [0.1, 0.15) is 0 Å². The minimum absolute atomic E-state index is 0.00132. The van der Waals surface area contributed by atoms with Crippen molar-refractivity contribution in [2.24, 2.45) is 28.0 Å². The van der Waals surface area contributed by atoms with Gasteiger partial charge in [0.2, 0.25) is 0 Å². The quantitative estimate of drug-likeness (QED) is 0.348. The number of carbonyl (C=O) groups is 1. The highest BCUT2D eigenvalue weighted by Gasteiger charge is 2.40. The van der Waals surface area contributed by atoms with Crippen LogP contribution in [0.25, 0.3) is 5.57 Å². The first kappa shape index (κ1) is 22.8. The zero-order chi connectivity index (χ0) is 24.5. The maximum atomic E-state index is 13.5. The Morgan fingerprint density at radius 2 is 1.66 bits per heavy atom. The molecule has 2 heterocycles. The Hall–Kier alpha value is -3.94. The Labute approximate surface area is 204 Å². The van der Waals surface area contributed by atoms with Crippen LogP contribution in [0.5, 0.6) is 11.5 Å². The van der Waals surface area contributed by atoms with Gasteiger partial charge in [0, 0.05) is 17.4 Å². The zero-order valence-corrected chi connectivity index (χ0v) is 20.0. The fourth-order valence-electron chi connectivity index (χ4n) is 5.02. The molecular formula is C27H28N4O4. The van der Waals surface area contributed by atoms with Crippen LogP contribution < -0.4 is 14.5 Å². The number of hydroxylamine groups is 1. The summed E-state index contributed by atoms with van der Waals surface area (Å²) in [5.41, 5.74) is 4.45. The van der Waals surface area contributed by atoms with Gasteiger partial charge in [-0.3, -0.25) is 4.79 Å². The van der Waals surface area contributed by atoms with E-state index in [9.17, 15) is 10.0 Å². The van der Waals surface area contributed by atoms with Crippen molar-refractivity contribution < 1.29 is 19.1 Å². The van der Waals surface area contributed by atoms with E-state index in [1.54, 1.807) is 20.4 Å². The van der Waals surface area contributed by atoms with E-state index in [2.05, 4.69) is 17.3 Å². The Balaban J connectivity index is 1.53. The summed E-state index contributed by atoms with van der Waals surface area (Å²) in [5.74, 6) is 1.17. The molecule has 1 aliphatic carbocycles. The lowest BCUT2D eigenvalue weighted by molar-refractivity contribution is -0.532. The van der Waals surface area contributed by atoms with Gasteiger partial charge >= 0.3 is 0 Å². The zero-order valence-electron chi connectivity index (χ0n) is 20.0. The van der Waals surface area contributed by atoms with Crippen LogP contribution in [0.3, 0.4) is 0 Å². The molecule has 0 radical (unpaired) electrons. The van der Waals surface area contributed by atoms with Crippen LogP contribution in [-0.4, -0.2) is 37.2 Å². The summed E-state index contributed by atoms with van der Waals surface area (Å²) in [4.78, 5) is 14.2. The number of hydrazone groups is 1. The van der Waals surface area contributed by atoms with E-state index >= 15 is 0 Å². The average Bonchev–Trinajstić information content (AvgIpc) is 2.89. The molecule has 2 aromatic carbocycles. The number of fused-ring (bicyclic) bond motifs is 1. The summed E-state index contributed by atoms with van der Waals surface area (Å²) in [6.45, 7) is 2.33. The lowest BCUT2D eigenvalue weighted by atomic mass is 9.76. The maximum absolute atomic E-state index is 13.5. The van der Waals surface area contributed by atoms with Crippen molar-refractivity contribution in [1.29, 1.82) is 0 Å². The van der Waals surface area contributed by atoms with Crippen LogP contribution in [0.15, 0.2) is 71.0 Å². The number of amides is 1. The number of anilines is 1. The van der Waals surface area contributed by atoms with Crippen molar-refractivity contribution in [2.75, 3.05) is 25.8 Å². The van der Waals surface area contributed by atoms with Crippen LogP contribution in [0, 0.1) is 23.0 Å². The molecule has 180 valence electrons. The number of rotatable bonds is 5. The standard InChI is InChI=1S/C27H28N4O4/c1-17-16-30(33)28-15-23(17)18-8-11-20(12-9-18)31-27(32)22-7-5-4-6-21(22)26(29-31)19-10-13-24(34-2)25(14-19)35-3/h4-5,8-15,17,21-22H,6-7,16H2,1-3H3. The van der Waals surface area contributed by atoms with Gasteiger partial charge in [0.05, 0.1) is 37.7 Å². The first-order chi connectivity index (χ1) is 17.0. The van der Waals surface area contributed by atoms with E-state index in [1.807, 2.05) is 49.4 Å². The third kappa shape index (κ3) is 4.20. The summed E-state index contributed by atoms with van der Waals surface area (Å²) in [6.07, 6.45) is 7.28. The van der Waals surface area contributed by atoms with Crippen molar-refractivity contribution >= 4 is 22.9 Å². The van der Waals surface area contributed by atoms with E-state index < -0.39 is 0 Å². The molecule has 0 aromatic heterocycles. The third-order valence-corrected chi connectivity index (χ3v) is 6.93. The van der Waals surface area contributed by atoms with Crippen molar-refractivity contribution in [2.45, 2.75) is 19.8 Å². The van der Waals surface area contributed by atoms with Gasteiger partial charge in [-0.2, -0.15) is 5.10 Å². The van der Waals surface area contributed by atoms with Crippen LogP contribution in [0.4, 0.5) is 5.69 Å². The lowest BCUT2D eigenvalue weighted by Crippen LogP contribution is -2.45. The molecule has 0 spiro atoms. The second kappa shape index (κ2) is 9.37. The fourth-order valence-corrected chi connectivity index (χ4v) is 5.02. The number of azo groups is 1. The number of methoxy groups -OCH3 is 2. The Bertz CT molecular complexity index is 1260. The van der Waals surface area contributed by atoms with Gasteiger partial charge < -0.3 is 14.7 Å². The van der Waals surface area contributed by atoms with E-state index in [0.29, 0.717) is 35.0 Å². The average molecular weight is 473 g/mol. The molecular weight excluding hydrogens is 444 g/mol. The minimum atomic E-state index is -0.178. The highest BCUT2D eigenvalue weighted by Crippen LogP contribution is 2.38. The highest BCUT2D eigenvalue weighted by molar-refractivity contribution is 6.11. The number of hydrogen-bond donors (Lipinski definition) is 0. The molecule has 3 aliphatic rings. The van der Waals surface area contributed by atoms with Gasteiger partial charge in [-0.25, -0.2) is 5.01 Å². The van der Waals surface area contributed by atoms with Gasteiger partial charge in [0.25, 0.3) is 5.91 Å². The second-order valence-electron chi connectivity index (χ2n) is 9.04. The molecule has 8 nitrogen and oxygen atoms in total. The number of carbonyl (C=O) groups excluding carboxylic acids is 1. The number of allylic oxidation sites excluding steroid dienone is 2. The summed E-state index contributed by atoms with van der Waals surface area (Å²) >= 11 is 0. The summed E-state index contributed by atoms with van der Waals surface area (Å²) in [7, 11) is 3.22. The van der Waals surface area contributed by atoms with Gasteiger partial charge in [-0.1, -0.05) is 36.1 Å². The number of nitrogens with zero attached hydrogens (tertiary/aromatic N) is 4. The smallest absolute Gasteiger partial charge is 0.251 e. The Morgan fingerprint density at radius 1 is 0.971 bits per heavy atom. The molecule has 3 unspecified atom stereocenters. The molecule has 1 amide bonds. The molecule has 35 heavy (non-hydrogen) atoms. The lowest BCUT2D eigenvalue weighted by Gasteiger charge is -2.37. The van der Waals surface area contributed by atoms with Crippen molar-refractivity contribution in [1.82, 2.24) is 0 Å². The van der Waals surface area contributed by atoms with Crippen molar-refractivity contribution in [3.8, 4) is 11.5 Å². The molecule has 3 atom stereocenters. The van der Waals surface area contributed by atoms with Gasteiger partial charge in [-0.15, -0.1) is 0 Å². The van der Waals surface area contributed by atoms with Crippen LogP contribution in [-0.2, 0) is 4.79 Å². The van der Waals surface area contributed by atoms with Crippen LogP contribution in [0.1, 0.15) is 30.9 Å². The predicted molar refractivity (Wildman–Crippen MR) is 133 cm³/mol. The van der Waals surface area contributed by atoms with E-state index in [1.165, 1.54) is 5.01 Å². The molecule has 5 rings (SSSR count). The monoisotopic (exact) mass is 472 g/mol. The minimum Gasteiger partial charge on any atom is -0.600 e. The number of hydrogen-bond acceptors (Lipinski definition) is 6. The topological polar surface area (TPSA) is 89.6 Å². The third-order valence-electron chi connectivity index (χ3n) is 6.93. The molecule has 0 fully saturated rings. The summed E-state index contributed by atoms with van der Waals surface area (Å²) in [5, 5.41) is 21.8. The predicted octanol–water partition coefficient (Wildman–Crippen LogP) is 4.99. The molecule has 0 saturated carbocycles. The number of benzene rings is 2. The maximum Gasteiger partial charge on any atom is 0.251 e. The highest BCUT2D eigenvalue weighted by atomic mass is 16.5. The summed E-state index contributed by atoms with van der Waals surface area (Å²) in [6, 6.07) is 13.5. The molecule has 0 N–H and O–H groups in total. The van der Waals surface area contributed by atoms with Crippen LogP contribution in [0.2, 0.25) is 0 Å². The van der Waals surface area contributed by atoms with E-state index in [-0.39, 0.29) is 23.7 Å². The molecule has 2 aromatic rings. The summed E-state index contributed by atoms with van der Waals surface area (Å²) < 4.78 is 10.9. The largest absolute Gasteiger partial charge is 0.600 e. The fraction of sp³-hybridized carbons (Fsp3) is 0.333. The van der Waals surface area contributed by atoms with Gasteiger partial charge in [-0.05, 0) is 59.4 Å². The SMILES string of the molecule is COc1ccc(C2=NN(c3ccc(C4=CN=[N+]([O-])CC4C)cc3)C(=O)C3CC=CCC23)cc1OC. The first-order valence-corrected chi connectivity index (χ1v) is 11.8. The Kier molecular flexibility index (Phi) is 6.11.